The maximum absolute atomic E-state index is 11.7. The van der Waals surface area contributed by atoms with E-state index in [0.29, 0.717) is 6.54 Å². The first-order chi connectivity index (χ1) is 6.38. The molecule has 0 bridgehead atoms. The second kappa shape index (κ2) is 3.39. The zero-order valence-corrected chi connectivity index (χ0v) is 7.10. The Labute approximate surface area is 76.5 Å². The summed E-state index contributed by atoms with van der Waals surface area (Å²) in [4.78, 5) is 15.7. The van der Waals surface area contributed by atoms with Gasteiger partial charge in [0.25, 0.3) is 0 Å². The average Bonchev–Trinajstić information content (AvgIpc) is 2.71. The number of Topliss-reactive ketones (excluding diaryl/α,β-unsaturated/α-hetero) is 1. The van der Waals surface area contributed by atoms with E-state index in [2.05, 4.69) is 10.3 Å². The SMILES string of the molecule is O=C(c1ccccc1)C1CN=CN1. The molecule has 1 aliphatic heterocycles. The van der Waals surface area contributed by atoms with Crippen LogP contribution in [-0.4, -0.2) is 24.7 Å². The third kappa shape index (κ3) is 1.59. The van der Waals surface area contributed by atoms with Crippen molar-refractivity contribution in [2.45, 2.75) is 6.04 Å². The highest BCUT2D eigenvalue weighted by atomic mass is 16.1. The Kier molecular flexibility index (Phi) is 2.08. The van der Waals surface area contributed by atoms with Crippen molar-refractivity contribution in [3.05, 3.63) is 35.9 Å². The van der Waals surface area contributed by atoms with Crippen LogP contribution in [0.15, 0.2) is 35.3 Å². The van der Waals surface area contributed by atoms with Gasteiger partial charge in [-0.2, -0.15) is 0 Å². The van der Waals surface area contributed by atoms with Gasteiger partial charge in [0.05, 0.1) is 12.9 Å². The van der Waals surface area contributed by atoms with Crippen molar-refractivity contribution < 1.29 is 4.79 Å². The van der Waals surface area contributed by atoms with Gasteiger partial charge in [-0.05, 0) is 0 Å². The first-order valence-electron chi connectivity index (χ1n) is 4.21. The van der Waals surface area contributed by atoms with E-state index in [9.17, 15) is 4.79 Å². The lowest BCUT2D eigenvalue weighted by Crippen LogP contribution is -2.33. The molecule has 66 valence electrons. The molecule has 1 aromatic rings. The highest BCUT2D eigenvalue weighted by Crippen LogP contribution is 2.05. The van der Waals surface area contributed by atoms with E-state index in [1.165, 1.54) is 0 Å². The first-order valence-corrected chi connectivity index (χ1v) is 4.21. The highest BCUT2D eigenvalue weighted by molar-refractivity contribution is 6.01. The van der Waals surface area contributed by atoms with Crippen molar-refractivity contribution >= 4 is 12.1 Å². The van der Waals surface area contributed by atoms with Crippen molar-refractivity contribution in [2.75, 3.05) is 6.54 Å². The molecule has 1 aromatic carbocycles. The molecule has 2 rings (SSSR count). The van der Waals surface area contributed by atoms with E-state index in [0.717, 1.165) is 5.56 Å². The quantitative estimate of drug-likeness (QED) is 0.676. The van der Waals surface area contributed by atoms with Crippen LogP contribution in [-0.2, 0) is 0 Å². The monoisotopic (exact) mass is 174 g/mol. The fourth-order valence-corrected chi connectivity index (χ4v) is 1.32. The van der Waals surface area contributed by atoms with Crippen molar-refractivity contribution in [3.63, 3.8) is 0 Å². The maximum Gasteiger partial charge on any atom is 0.186 e. The summed E-state index contributed by atoms with van der Waals surface area (Å²) >= 11 is 0. The minimum absolute atomic E-state index is 0.109. The Balaban J connectivity index is 2.14. The summed E-state index contributed by atoms with van der Waals surface area (Å²) in [6, 6.07) is 9.11. The molecule has 0 spiro atoms. The summed E-state index contributed by atoms with van der Waals surface area (Å²) in [6.07, 6.45) is 1.59. The lowest BCUT2D eigenvalue weighted by Gasteiger charge is -2.07. The molecule has 0 saturated carbocycles. The van der Waals surface area contributed by atoms with E-state index in [4.69, 9.17) is 0 Å². The maximum atomic E-state index is 11.7. The molecule has 0 radical (unpaired) electrons. The average molecular weight is 174 g/mol. The second-order valence-corrected chi connectivity index (χ2v) is 2.94. The van der Waals surface area contributed by atoms with Gasteiger partial charge in [0, 0.05) is 5.56 Å². The minimum Gasteiger partial charge on any atom is -0.365 e. The van der Waals surface area contributed by atoms with Gasteiger partial charge in [0.2, 0.25) is 0 Å². The Hall–Kier alpha value is -1.64. The summed E-state index contributed by atoms with van der Waals surface area (Å²) in [5.41, 5.74) is 0.741. The van der Waals surface area contributed by atoms with E-state index in [1.807, 2.05) is 30.3 Å². The lowest BCUT2D eigenvalue weighted by atomic mass is 10.1. The number of carbonyl (C=O) groups excluding carboxylic acids is 1. The van der Waals surface area contributed by atoms with Gasteiger partial charge >= 0.3 is 0 Å². The van der Waals surface area contributed by atoms with Crippen LogP contribution < -0.4 is 5.32 Å². The first kappa shape index (κ1) is 7.98. The smallest absolute Gasteiger partial charge is 0.186 e. The zero-order valence-electron chi connectivity index (χ0n) is 7.10. The molecule has 0 aliphatic carbocycles. The lowest BCUT2D eigenvalue weighted by molar-refractivity contribution is 0.0960. The van der Waals surface area contributed by atoms with Crippen LogP contribution in [0.3, 0.4) is 0 Å². The molecule has 13 heavy (non-hydrogen) atoms. The molecule has 3 nitrogen and oxygen atoms in total. The van der Waals surface area contributed by atoms with Crippen LogP contribution in [0.1, 0.15) is 10.4 Å². The number of ketones is 1. The van der Waals surface area contributed by atoms with Crippen LogP contribution >= 0.6 is 0 Å². The summed E-state index contributed by atoms with van der Waals surface area (Å²) < 4.78 is 0. The Morgan fingerprint density at radius 3 is 2.77 bits per heavy atom. The van der Waals surface area contributed by atoms with Crippen LogP contribution in [0.25, 0.3) is 0 Å². The number of rotatable bonds is 2. The van der Waals surface area contributed by atoms with Crippen molar-refractivity contribution in [3.8, 4) is 0 Å². The molecule has 1 unspecified atom stereocenters. The number of hydrogen-bond acceptors (Lipinski definition) is 3. The number of benzene rings is 1. The highest BCUT2D eigenvalue weighted by Gasteiger charge is 2.20. The van der Waals surface area contributed by atoms with Gasteiger partial charge in [-0.3, -0.25) is 9.79 Å². The predicted molar refractivity (Wildman–Crippen MR) is 51.1 cm³/mol. The van der Waals surface area contributed by atoms with Gasteiger partial charge in [-0.25, -0.2) is 0 Å². The normalized spacial score (nSPS) is 19.8. The van der Waals surface area contributed by atoms with Gasteiger partial charge in [-0.15, -0.1) is 0 Å². The number of hydrogen-bond donors (Lipinski definition) is 1. The van der Waals surface area contributed by atoms with Crippen LogP contribution in [0, 0.1) is 0 Å². The van der Waals surface area contributed by atoms with Crippen LogP contribution in [0.5, 0.6) is 0 Å². The minimum atomic E-state index is -0.164. The molecule has 0 amide bonds. The molecule has 1 heterocycles. The number of nitrogens with zero attached hydrogens (tertiary/aromatic N) is 1. The Bertz CT molecular complexity index is 324. The van der Waals surface area contributed by atoms with E-state index >= 15 is 0 Å². The Morgan fingerprint density at radius 2 is 2.15 bits per heavy atom. The molecule has 0 fully saturated rings. The summed E-state index contributed by atoms with van der Waals surface area (Å²) in [6.45, 7) is 0.549. The zero-order chi connectivity index (χ0) is 9.10. The summed E-state index contributed by atoms with van der Waals surface area (Å²) in [5, 5.41) is 2.91. The summed E-state index contributed by atoms with van der Waals surface area (Å²) in [7, 11) is 0. The number of carbonyl (C=O) groups is 1. The van der Waals surface area contributed by atoms with Crippen molar-refractivity contribution in [2.24, 2.45) is 4.99 Å². The molecular weight excluding hydrogens is 164 g/mol. The molecule has 3 heteroatoms. The molecule has 0 saturated heterocycles. The third-order valence-electron chi connectivity index (χ3n) is 2.03. The molecule has 0 aromatic heterocycles. The molecular formula is C10H10N2O. The topological polar surface area (TPSA) is 41.5 Å². The van der Waals surface area contributed by atoms with Crippen molar-refractivity contribution in [1.29, 1.82) is 0 Å². The van der Waals surface area contributed by atoms with Crippen molar-refractivity contribution in [1.82, 2.24) is 5.32 Å². The number of aliphatic imine (C=N–C) groups is 1. The van der Waals surface area contributed by atoms with Gasteiger partial charge in [0.1, 0.15) is 6.04 Å². The van der Waals surface area contributed by atoms with Gasteiger partial charge in [-0.1, -0.05) is 30.3 Å². The van der Waals surface area contributed by atoms with E-state index in [-0.39, 0.29) is 11.8 Å². The van der Waals surface area contributed by atoms with Gasteiger partial charge < -0.3 is 5.32 Å². The van der Waals surface area contributed by atoms with Crippen LogP contribution in [0.4, 0.5) is 0 Å². The third-order valence-corrected chi connectivity index (χ3v) is 2.03. The summed E-state index contributed by atoms with van der Waals surface area (Å²) in [5.74, 6) is 0.109. The fourth-order valence-electron chi connectivity index (χ4n) is 1.32. The van der Waals surface area contributed by atoms with Crippen LogP contribution in [0.2, 0.25) is 0 Å². The standard InChI is InChI=1S/C10H10N2O/c13-10(9-6-11-7-12-9)8-4-2-1-3-5-8/h1-5,7,9H,6H2,(H,11,12). The fraction of sp³-hybridized carbons (Fsp3) is 0.200. The molecule has 1 N–H and O–H groups in total. The Morgan fingerprint density at radius 1 is 1.38 bits per heavy atom. The largest absolute Gasteiger partial charge is 0.365 e. The molecule has 1 atom stereocenters. The second-order valence-electron chi connectivity index (χ2n) is 2.94. The number of nitrogens with one attached hydrogen (secondary N) is 1. The van der Waals surface area contributed by atoms with E-state index in [1.54, 1.807) is 6.34 Å². The molecule has 1 aliphatic rings. The predicted octanol–water partition coefficient (Wildman–Crippen LogP) is 0.869. The van der Waals surface area contributed by atoms with Gasteiger partial charge in [0.15, 0.2) is 5.78 Å². The van der Waals surface area contributed by atoms with E-state index < -0.39 is 0 Å².